The van der Waals surface area contributed by atoms with Crippen molar-refractivity contribution in [2.24, 2.45) is 18.9 Å². The maximum absolute atomic E-state index is 13.2. The highest BCUT2D eigenvalue weighted by Crippen LogP contribution is 2.14. The molecule has 0 aliphatic heterocycles. The summed E-state index contributed by atoms with van der Waals surface area (Å²) in [7, 11) is 1.97. The quantitative estimate of drug-likeness (QED) is 0.604. The number of nitrogens with zero attached hydrogens (tertiary/aromatic N) is 3. The monoisotopic (exact) mass is 417 g/mol. The van der Waals surface area contributed by atoms with Crippen LogP contribution >= 0.6 is 11.6 Å². The molecule has 5 nitrogen and oxygen atoms in total. The number of benzene rings is 1. The van der Waals surface area contributed by atoms with Crippen LogP contribution in [0.25, 0.3) is 0 Å². The van der Waals surface area contributed by atoms with Crippen LogP contribution in [0, 0.1) is 11.8 Å². The molecule has 29 heavy (non-hydrogen) atoms. The molecule has 6 heteroatoms. The van der Waals surface area contributed by atoms with Gasteiger partial charge in [-0.25, -0.2) is 0 Å². The molecule has 2 rings (SSSR count). The molecule has 1 aromatic heterocycles. The van der Waals surface area contributed by atoms with Crippen molar-refractivity contribution in [3.63, 3.8) is 0 Å². The van der Waals surface area contributed by atoms with Gasteiger partial charge in [-0.15, -0.1) is 0 Å². The van der Waals surface area contributed by atoms with Crippen LogP contribution in [0.5, 0.6) is 0 Å². The lowest BCUT2D eigenvalue weighted by molar-refractivity contribution is -0.133. The minimum Gasteiger partial charge on any atom is -0.353 e. The average molecular weight is 418 g/mol. The number of carbonyl (C=O) groups is 2. The average Bonchev–Trinajstić information content (AvgIpc) is 3.04. The predicted octanol–water partition coefficient (Wildman–Crippen LogP) is 4.46. The lowest BCUT2D eigenvalue weighted by Crippen LogP contribution is -2.45. The van der Waals surface area contributed by atoms with Crippen LogP contribution in [0.15, 0.2) is 42.6 Å². The summed E-state index contributed by atoms with van der Waals surface area (Å²) in [4.78, 5) is 29.7. The fraction of sp³-hybridized carbons (Fsp3) is 0.478. The van der Waals surface area contributed by atoms with Gasteiger partial charge in [-0.2, -0.15) is 0 Å². The van der Waals surface area contributed by atoms with Crippen molar-refractivity contribution in [3.8, 4) is 0 Å². The second-order valence-corrected chi connectivity index (χ2v) is 8.80. The van der Waals surface area contributed by atoms with E-state index in [1.54, 1.807) is 29.2 Å². The number of aromatic nitrogens is 1. The van der Waals surface area contributed by atoms with Gasteiger partial charge in [0.05, 0.1) is 6.54 Å². The molecule has 0 fully saturated rings. The SMILES string of the molecule is CC(C)CN(Cc1cccn1C)C(=O)CN(CC(C)C)C(=O)c1ccc(Cl)cc1. The Hall–Kier alpha value is -2.27. The summed E-state index contributed by atoms with van der Waals surface area (Å²) in [5.74, 6) is 0.408. The Morgan fingerprint density at radius 2 is 1.55 bits per heavy atom. The molecular formula is C23H32ClN3O2. The minimum atomic E-state index is -0.146. The van der Waals surface area contributed by atoms with Gasteiger partial charge in [0.15, 0.2) is 0 Å². The van der Waals surface area contributed by atoms with Gasteiger partial charge < -0.3 is 14.4 Å². The van der Waals surface area contributed by atoms with E-state index in [0.717, 1.165) is 5.69 Å². The molecule has 0 saturated carbocycles. The molecular weight excluding hydrogens is 386 g/mol. The van der Waals surface area contributed by atoms with Gasteiger partial charge in [-0.05, 0) is 48.2 Å². The van der Waals surface area contributed by atoms with Crippen molar-refractivity contribution >= 4 is 23.4 Å². The van der Waals surface area contributed by atoms with Crippen LogP contribution in [0.4, 0.5) is 0 Å². The molecule has 0 N–H and O–H groups in total. The molecule has 158 valence electrons. The number of aryl methyl sites for hydroxylation is 1. The second kappa shape index (κ2) is 10.5. The molecule has 0 atom stereocenters. The van der Waals surface area contributed by atoms with Crippen molar-refractivity contribution in [2.45, 2.75) is 34.2 Å². The summed E-state index contributed by atoms with van der Waals surface area (Å²) in [6.45, 7) is 10.0. The Bertz CT molecular complexity index is 812. The molecule has 0 aliphatic carbocycles. The van der Waals surface area contributed by atoms with E-state index >= 15 is 0 Å². The van der Waals surface area contributed by atoms with Crippen LogP contribution in [0.3, 0.4) is 0 Å². The third-order valence-electron chi connectivity index (χ3n) is 4.63. The molecule has 0 radical (unpaired) electrons. The largest absolute Gasteiger partial charge is 0.353 e. The van der Waals surface area contributed by atoms with Gasteiger partial charge >= 0.3 is 0 Å². The molecule has 2 amide bonds. The number of amides is 2. The van der Waals surface area contributed by atoms with Crippen molar-refractivity contribution in [1.82, 2.24) is 14.4 Å². The van der Waals surface area contributed by atoms with Crippen molar-refractivity contribution in [2.75, 3.05) is 19.6 Å². The van der Waals surface area contributed by atoms with Crippen LogP contribution in [0.2, 0.25) is 5.02 Å². The standard InChI is InChI=1S/C23H32ClN3O2/c1-17(2)13-26(15-21-7-6-12-25(21)5)22(28)16-27(14-18(3)4)23(29)19-8-10-20(24)11-9-19/h6-12,17-18H,13-16H2,1-5H3. The Morgan fingerprint density at radius 3 is 2.07 bits per heavy atom. The first-order chi connectivity index (χ1) is 13.7. The summed E-state index contributed by atoms with van der Waals surface area (Å²) in [5, 5.41) is 0.582. The summed E-state index contributed by atoms with van der Waals surface area (Å²) >= 11 is 5.95. The van der Waals surface area contributed by atoms with Crippen LogP contribution in [-0.4, -0.2) is 45.8 Å². The number of halogens is 1. The molecule has 0 unspecified atom stereocenters. The van der Waals surface area contributed by atoms with Crippen LogP contribution < -0.4 is 0 Å². The van der Waals surface area contributed by atoms with Crippen LogP contribution in [0.1, 0.15) is 43.7 Å². The highest BCUT2D eigenvalue weighted by Gasteiger charge is 2.24. The van der Waals surface area contributed by atoms with E-state index in [4.69, 9.17) is 11.6 Å². The van der Waals surface area contributed by atoms with E-state index in [-0.39, 0.29) is 24.3 Å². The van der Waals surface area contributed by atoms with Gasteiger partial charge in [0, 0.05) is 42.6 Å². The van der Waals surface area contributed by atoms with E-state index in [2.05, 4.69) is 13.8 Å². The molecule has 0 saturated heterocycles. The fourth-order valence-electron chi connectivity index (χ4n) is 3.25. The number of carbonyl (C=O) groups excluding carboxylic acids is 2. The van der Waals surface area contributed by atoms with Crippen molar-refractivity contribution < 1.29 is 9.59 Å². The van der Waals surface area contributed by atoms with Gasteiger partial charge in [0.1, 0.15) is 6.54 Å². The maximum atomic E-state index is 13.2. The Labute approximate surface area is 179 Å². The molecule has 0 spiro atoms. The van der Waals surface area contributed by atoms with Gasteiger partial charge in [0.25, 0.3) is 5.91 Å². The molecule has 0 bridgehead atoms. The minimum absolute atomic E-state index is 0.0390. The first kappa shape index (κ1) is 23.0. The summed E-state index contributed by atoms with van der Waals surface area (Å²) in [6, 6.07) is 10.8. The van der Waals surface area contributed by atoms with Gasteiger partial charge in [-0.1, -0.05) is 39.3 Å². The van der Waals surface area contributed by atoms with E-state index in [9.17, 15) is 9.59 Å². The summed E-state index contributed by atoms with van der Waals surface area (Å²) in [6.07, 6.45) is 1.97. The van der Waals surface area contributed by atoms with E-state index in [1.807, 2.05) is 48.7 Å². The first-order valence-electron chi connectivity index (χ1n) is 10.1. The Kier molecular flexibility index (Phi) is 8.32. The summed E-state index contributed by atoms with van der Waals surface area (Å²) in [5.41, 5.74) is 1.61. The highest BCUT2D eigenvalue weighted by molar-refractivity contribution is 6.30. The highest BCUT2D eigenvalue weighted by atomic mass is 35.5. The number of rotatable bonds is 9. The van der Waals surface area contributed by atoms with E-state index < -0.39 is 0 Å². The smallest absolute Gasteiger partial charge is 0.254 e. The van der Waals surface area contributed by atoms with E-state index in [0.29, 0.717) is 36.1 Å². The topological polar surface area (TPSA) is 45.6 Å². The predicted molar refractivity (Wildman–Crippen MR) is 118 cm³/mol. The summed E-state index contributed by atoms with van der Waals surface area (Å²) < 4.78 is 2.02. The lowest BCUT2D eigenvalue weighted by atomic mass is 10.1. The normalized spacial score (nSPS) is 11.2. The zero-order chi connectivity index (χ0) is 21.6. The Morgan fingerprint density at radius 1 is 0.966 bits per heavy atom. The maximum Gasteiger partial charge on any atom is 0.254 e. The van der Waals surface area contributed by atoms with Crippen molar-refractivity contribution in [1.29, 1.82) is 0 Å². The molecule has 1 aromatic carbocycles. The molecule has 1 heterocycles. The van der Waals surface area contributed by atoms with E-state index in [1.165, 1.54) is 0 Å². The van der Waals surface area contributed by atoms with Gasteiger partial charge in [-0.3, -0.25) is 9.59 Å². The second-order valence-electron chi connectivity index (χ2n) is 8.36. The van der Waals surface area contributed by atoms with Crippen molar-refractivity contribution in [3.05, 3.63) is 58.9 Å². The van der Waals surface area contributed by atoms with Crippen LogP contribution in [-0.2, 0) is 18.4 Å². The molecule has 2 aromatic rings. The fourth-order valence-corrected chi connectivity index (χ4v) is 3.38. The third-order valence-corrected chi connectivity index (χ3v) is 4.88. The van der Waals surface area contributed by atoms with Gasteiger partial charge in [0.2, 0.25) is 5.91 Å². The Balaban J connectivity index is 2.19. The third kappa shape index (κ3) is 6.93. The zero-order valence-electron chi connectivity index (χ0n) is 18.1. The number of hydrogen-bond donors (Lipinski definition) is 0. The first-order valence-corrected chi connectivity index (χ1v) is 10.5. The molecule has 0 aliphatic rings. The lowest BCUT2D eigenvalue weighted by Gasteiger charge is -2.30. The number of hydrogen-bond acceptors (Lipinski definition) is 2. The zero-order valence-corrected chi connectivity index (χ0v) is 18.8.